The van der Waals surface area contributed by atoms with E-state index in [4.69, 9.17) is 5.11 Å². The lowest BCUT2D eigenvalue weighted by Crippen LogP contribution is -2.58. The summed E-state index contributed by atoms with van der Waals surface area (Å²) in [6.45, 7) is 6.87. The molecule has 1 saturated carbocycles. The molecule has 2 heterocycles. The fraction of sp³-hybridized carbons (Fsp3) is 0.522. The lowest BCUT2D eigenvalue weighted by atomic mass is 10.0. The van der Waals surface area contributed by atoms with Crippen LogP contribution in [0.4, 0.5) is 14.9 Å². The third-order valence-electron chi connectivity index (χ3n) is 6.29. The molecule has 9 heteroatoms. The summed E-state index contributed by atoms with van der Waals surface area (Å²) in [7, 11) is 0. The van der Waals surface area contributed by atoms with Crippen molar-refractivity contribution in [1.82, 2.24) is 9.47 Å². The third-order valence-corrected chi connectivity index (χ3v) is 6.29. The van der Waals surface area contributed by atoms with Crippen LogP contribution in [0.5, 0.6) is 5.75 Å². The lowest BCUT2D eigenvalue weighted by Gasteiger charge is -2.45. The molecule has 2 unspecified atom stereocenters. The number of carbonyl (C=O) groups is 2. The molecule has 4 rings (SSSR count). The Bertz CT molecular complexity index is 1130. The van der Waals surface area contributed by atoms with Gasteiger partial charge in [-0.05, 0) is 45.2 Å². The minimum atomic E-state index is -1.58. The van der Waals surface area contributed by atoms with Crippen LogP contribution in [0.25, 0.3) is 10.9 Å². The second kappa shape index (κ2) is 8.44. The van der Waals surface area contributed by atoms with Crippen molar-refractivity contribution in [3.8, 4) is 5.75 Å². The summed E-state index contributed by atoms with van der Waals surface area (Å²) in [6, 6.07) is 2.79. The van der Waals surface area contributed by atoms with Crippen LogP contribution in [0.3, 0.4) is 0 Å². The van der Waals surface area contributed by atoms with Gasteiger partial charge in [-0.15, -0.1) is 0 Å². The van der Waals surface area contributed by atoms with E-state index in [1.54, 1.807) is 6.07 Å². The second-order valence-electron chi connectivity index (χ2n) is 8.80. The van der Waals surface area contributed by atoms with Gasteiger partial charge >= 0.3 is 6.16 Å². The van der Waals surface area contributed by atoms with Crippen LogP contribution >= 0.6 is 0 Å². The van der Waals surface area contributed by atoms with Gasteiger partial charge in [-0.3, -0.25) is 9.59 Å². The zero-order valence-electron chi connectivity index (χ0n) is 18.5. The van der Waals surface area contributed by atoms with Crippen molar-refractivity contribution in [3.05, 3.63) is 34.4 Å². The Balaban J connectivity index is 1.75. The zero-order chi connectivity index (χ0) is 23.2. The minimum Gasteiger partial charge on any atom is -0.449 e. The maximum atomic E-state index is 15.3. The summed E-state index contributed by atoms with van der Waals surface area (Å²) in [5.41, 5.74) is 0.275. The monoisotopic (exact) mass is 445 g/mol. The van der Waals surface area contributed by atoms with Crippen LogP contribution in [-0.4, -0.2) is 51.8 Å². The topological polar surface area (TPSA) is 92.1 Å². The standard InChI is InChI=1S/C23H28FN3O5/c1-4-5-21(28)26-11-13(2)25(10-14(26)3)19-9-18-16(8-17(19)24)22(29)20(32-23(30)31)12-27(18)15-6-7-15/h8-9,12-15H,4-7,10-11H2,1-3H3,(H,30,31). The number of benzene rings is 1. The van der Waals surface area contributed by atoms with Gasteiger partial charge in [0.2, 0.25) is 11.3 Å². The third kappa shape index (κ3) is 4.03. The number of amides is 1. The number of carbonyl (C=O) groups excluding carboxylic acids is 1. The molecule has 1 aliphatic heterocycles. The van der Waals surface area contributed by atoms with Gasteiger partial charge in [-0.2, -0.15) is 0 Å². The number of pyridine rings is 1. The highest BCUT2D eigenvalue weighted by molar-refractivity contribution is 5.85. The van der Waals surface area contributed by atoms with Gasteiger partial charge in [0.1, 0.15) is 5.82 Å². The highest BCUT2D eigenvalue weighted by Crippen LogP contribution is 2.39. The second-order valence-corrected chi connectivity index (χ2v) is 8.80. The van der Waals surface area contributed by atoms with Gasteiger partial charge in [0.15, 0.2) is 5.75 Å². The van der Waals surface area contributed by atoms with Crippen LogP contribution in [-0.2, 0) is 4.79 Å². The number of carboxylic acid groups (broad SMARTS) is 1. The molecule has 32 heavy (non-hydrogen) atoms. The average molecular weight is 445 g/mol. The fourth-order valence-corrected chi connectivity index (χ4v) is 4.54. The zero-order valence-corrected chi connectivity index (χ0v) is 18.5. The summed E-state index contributed by atoms with van der Waals surface area (Å²) < 4.78 is 21.7. The van der Waals surface area contributed by atoms with E-state index >= 15 is 4.39 Å². The number of rotatable bonds is 5. The Kier molecular flexibility index (Phi) is 5.83. The van der Waals surface area contributed by atoms with E-state index in [9.17, 15) is 14.4 Å². The fourth-order valence-electron chi connectivity index (χ4n) is 4.54. The number of ether oxygens (including phenoxy) is 1. The molecule has 1 amide bonds. The van der Waals surface area contributed by atoms with Crippen LogP contribution in [0, 0.1) is 5.82 Å². The maximum absolute atomic E-state index is 15.3. The molecule has 2 fully saturated rings. The van der Waals surface area contributed by atoms with E-state index in [2.05, 4.69) is 4.74 Å². The largest absolute Gasteiger partial charge is 0.511 e. The SMILES string of the molecule is CCCC(=O)N1CC(C)N(c2cc3c(cc2F)c(=O)c(OC(=O)O)cn3C2CC2)CC1C. The Labute approximate surface area is 185 Å². The van der Waals surface area contributed by atoms with Gasteiger partial charge in [0.25, 0.3) is 0 Å². The molecule has 1 aliphatic carbocycles. The van der Waals surface area contributed by atoms with Crippen molar-refractivity contribution in [2.45, 2.75) is 64.6 Å². The minimum absolute atomic E-state index is 0.0719. The Morgan fingerprint density at radius 3 is 2.53 bits per heavy atom. The van der Waals surface area contributed by atoms with Crippen LogP contribution < -0.4 is 15.1 Å². The highest BCUT2D eigenvalue weighted by atomic mass is 19.1. The predicted molar refractivity (Wildman–Crippen MR) is 118 cm³/mol. The van der Waals surface area contributed by atoms with Gasteiger partial charge in [-0.25, -0.2) is 9.18 Å². The molecule has 2 aliphatic rings. The number of hydrogen-bond donors (Lipinski definition) is 1. The lowest BCUT2D eigenvalue weighted by molar-refractivity contribution is -0.134. The van der Waals surface area contributed by atoms with Crippen molar-refractivity contribution in [2.75, 3.05) is 18.0 Å². The summed E-state index contributed by atoms with van der Waals surface area (Å²) in [5.74, 6) is -0.773. The number of halogens is 1. The highest BCUT2D eigenvalue weighted by Gasteiger charge is 2.34. The number of hydrogen-bond acceptors (Lipinski definition) is 5. The molecule has 2 atom stereocenters. The number of fused-ring (bicyclic) bond motifs is 1. The molecule has 8 nitrogen and oxygen atoms in total. The first-order valence-electron chi connectivity index (χ1n) is 11.1. The first-order valence-corrected chi connectivity index (χ1v) is 11.1. The molecule has 1 saturated heterocycles. The Morgan fingerprint density at radius 2 is 1.91 bits per heavy atom. The summed E-state index contributed by atoms with van der Waals surface area (Å²) in [6.07, 6.45) is 2.89. The first-order chi connectivity index (χ1) is 15.2. The van der Waals surface area contributed by atoms with Gasteiger partial charge < -0.3 is 24.2 Å². The van der Waals surface area contributed by atoms with E-state index in [0.717, 1.165) is 19.3 Å². The molecule has 0 bridgehead atoms. The van der Waals surface area contributed by atoms with Crippen LogP contribution in [0.2, 0.25) is 0 Å². The van der Waals surface area contributed by atoms with E-state index in [1.165, 1.54) is 12.3 Å². The van der Waals surface area contributed by atoms with Crippen molar-refractivity contribution < 1.29 is 23.8 Å². The van der Waals surface area contributed by atoms with Crippen molar-refractivity contribution in [1.29, 1.82) is 0 Å². The van der Waals surface area contributed by atoms with Gasteiger partial charge in [0.05, 0.1) is 22.8 Å². The molecular weight excluding hydrogens is 417 g/mol. The van der Waals surface area contributed by atoms with Crippen molar-refractivity contribution in [3.63, 3.8) is 0 Å². The van der Waals surface area contributed by atoms with Crippen molar-refractivity contribution >= 4 is 28.7 Å². The molecule has 1 aromatic carbocycles. The van der Waals surface area contributed by atoms with Gasteiger partial charge in [0, 0.05) is 37.6 Å². The quantitative estimate of drug-likeness (QED) is 0.705. The maximum Gasteiger partial charge on any atom is 0.511 e. The molecule has 1 N–H and O–H groups in total. The van der Waals surface area contributed by atoms with Gasteiger partial charge in [-0.1, -0.05) is 6.92 Å². The number of piperazine rings is 1. The predicted octanol–water partition coefficient (Wildman–Crippen LogP) is 3.76. The van der Waals surface area contributed by atoms with Crippen LogP contribution in [0.1, 0.15) is 52.5 Å². The van der Waals surface area contributed by atoms with E-state index in [0.29, 0.717) is 30.7 Å². The first kappa shape index (κ1) is 22.1. The Morgan fingerprint density at radius 1 is 1.19 bits per heavy atom. The molecular formula is C23H28FN3O5. The summed E-state index contributed by atoms with van der Waals surface area (Å²) in [4.78, 5) is 40.0. The number of anilines is 1. The number of aromatic nitrogens is 1. The summed E-state index contributed by atoms with van der Waals surface area (Å²) in [5, 5.41) is 9.04. The van der Waals surface area contributed by atoms with E-state index in [-0.39, 0.29) is 35.2 Å². The van der Waals surface area contributed by atoms with Crippen molar-refractivity contribution in [2.24, 2.45) is 0 Å². The molecule has 172 valence electrons. The normalized spacial score (nSPS) is 21.1. The number of nitrogens with zero attached hydrogens (tertiary/aromatic N) is 3. The molecule has 0 spiro atoms. The molecule has 2 aromatic rings. The Hall–Kier alpha value is -3.10. The van der Waals surface area contributed by atoms with Crippen LogP contribution in [0.15, 0.2) is 23.1 Å². The smallest absolute Gasteiger partial charge is 0.449 e. The molecule has 0 radical (unpaired) electrons. The van der Waals surface area contributed by atoms with E-state index in [1.807, 2.05) is 35.1 Å². The molecule has 1 aromatic heterocycles. The summed E-state index contributed by atoms with van der Waals surface area (Å²) >= 11 is 0. The average Bonchev–Trinajstić information content (AvgIpc) is 3.56. The van der Waals surface area contributed by atoms with E-state index < -0.39 is 17.4 Å².